The quantitative estimate of drug-likeness (QED) is 0.640. The van der Waals surface area contributed by atoms with Gasteiger partial charge in [-0.25, -0.2) is 0 Å². The van der Waals surface area contributed by atoms with Gasteiger partial charge in [-0.2, -0.15) is 7.05 Å². The highest BCUT2D eigenvalue weighted by Crippen LogP contribution is 1.95. The third kappa shape index (κ3) is 2.67. The monoisotopic (exact) mass is 163 g/mol. The highest BCUT2D eigenvalue weighted by Gasteiger charge is 2.01. The van der Waals surface area contributed by atoms with Gasteiger partial charge in [0.05, 0.1) is 12.6 Å². The van der Waals surface area contributed by atoms with Crippen LogP contribution in [0.25, 0.3) is 0 Å². The van der Waals surface area contributed by atoms with Gasteiger partial charge < -0.3 is 4.90 Å². The molecule has 1 atom stereocenters. The maximum atomic E-state index is 4.05. The van der Waals surface area contributed by atoms with Crippen molar-refractivity contribution in [3.05, 3.63) is 42.9 Å². The molecule has 1 unspecified atom stereocenters. The summed E-state index contributed by atoms with van der Waals surface area (Å²) >= 11 is 0. The van der Waals surface area contributed by atoms with Crippen LogP contribution in [0.4, 0.5) is 0 Å². The normalized spacial score (nSPS) is 13.3. The van der Waals surface area contributed by atoms with Crippen molar-refractivity contribution in [2.45, 2.75) is 26.4 Å². The molecule has 0 saturated carbocycles. The molecule has 1 heteroatoms. The van der Waals surface area contributed by atoms with E-state index in [-0.39, 0.29) is 0 Å². The van der Waals surface area contributed by atoms with Crippen LogP contribution < -0.4 is 4.90 Å². The zero-order valence-corrected chi connectivity index (χ0v) is 7.88. The van der Waals surface area contributed by atoms with Crippen LogP contribution in [0.5, 0.6) is 0 Å². The average molecular weight is 163 g/mol. The Morgan fingerprint density at radius 2 is 1.83 bits per heavy atom. The molecule has 0 heterocycles. The molecule has 0 aliphatic heterocycles. The van der Waals surface area contributed by atoms with Crippen molar-refractivity contribution in [1.29, 1.82) is 0 Å². The number of hydrogen-bond donors (Lipinski definition) is 1. The van der Waals surface area contributed by atoms with Gasteiger partial charge in [0.1, 0.15) is 0 Å². The minimum atomic E-state index is 0.588. The molecule has 0 fully saturated rings. The van der Waals surface area contributed by atoms with Gasteiger partial charge in [0.25, 0.3) is 0 Å². The highest BCUT2D eigenvalue weighted by molar-refractivity contribution is 5.13. The summed E-state index contributed by atoms with van der Waals surface area (Å²) in [7, 11) is 4.05. The predicted molar refractivity (Wildman–Crippen MR) is 51.6 cm³/mol. The Hall–Kier alpha value is -0.820. The summed E-state index contributed by atoms with van der Waals surface area (Å²) in [6.07, 6.45) is 0. The van der Waals surface area contributed by atoms with Crippen LogP contribution >= 0.6 is 0 Å². The SMILES string of the molecule is [CH2-][NH+](Cc1ccccc1)C(C)C. The van der Waals surface area contributed by atoms with E-state index in [1.807, 2.05) is 6.07 Å². The molecule has 1 aromatic carbocycles. The minimum Gasteiger partial charge on any atom is -0.462 e. The van der Waals surface area contributed by atoms with Gasteiger partial charge in [0.15, 0.2) is 0 Å². The predicted octanol–water partition coefficient (Wildman–Crippen LogP) is 1.27. The summed E-state index contributed by atoms with van der Waals surface area (Å²) in [4.78, 5) is 1.31. The molecule has 1 rings (SSSR count). The molecule has 0 amide bonds. The Morgan fingerprint density at radius 1 is 1.25 bits per heavy atom. The molecule has 1 aromatic rings. The van der Waals surface area contributed by atoms with Gasteiger partial charge in [-0.1, -0.05) is 30.3 Å². The number of benzene rings is 1. The Bertz CT molecular complexity index is 216. The molecule has 12 heavy (non-hydrogen) atoms. The molecule has 0 saturated heterocycles. The van der Waals surface area contributed by atoms with Crippen LogP contribution in [0.1, 0.15) is 19.4 Å². The topological polar surface area (TPSA) is 4.44 Å². The van der Waals surface area contributed by atoms with Crippen molar-refractivity contribution in [3.8, 4) is 0 Å². The summed E-state index contributed by atoms with van der Waals surface area (Å²) in [5, 5.41) is 0. The van der Waals surface area contributed by atoms with Crippen molar-refractivity contribution in [1.82, 2.24) is 0 Å². The van der Waals surface area contributed by atoms with Crippen molar-refractivity contribution in [2.75, 3.05) is 0 Å². The van der Waals surface area contributed by atoms with Crippen molar-refractivity contribution < 1.29 is 4.90 Å². The molecule has 0 aromatic heterocycles. The first-order valence-electron chi connectivity index (χ1n) is 4.41. The maximum Gasteiger partial charge on any atom is 0.0789 e. The van der Waals surface area contributed by atoms with Crippen molar-refractivity contribution >= 4 is 0 Å². The van der Waals surface area contributed by atoms with E-state index in [9.17, 15) is 0 Å². The lowest BCUT2D eigenvalue weighted by Gasteiger charge is -2.25. The number of rotatable bonds is 3. The number of quaternary nitrogens is 1. The molecule has 0 bridgehead atoms. The summed E-state index contributed by atoms with van der Waals surface area (Å²) in [5.74, 6) is 0. The van der Waals surface area contributed by atoms with Crippen molar-refractivity contribution in [2.24, 2.45) is 0 Å². The van der Waals surface area contributed by atoms with Crippen LogP contribution in [0.15, 0.2) is 30.3 Å². The summed E-state index contributed by atoms with van der Waals surface area (Å²) in [6, 6.07) is 11.1. The standard InChI is InChI=1S/C11H17N/c1-10(2)12(3)9-11-7-5-4-6-8-11/h4-8,10,12H,3,9H2,1-2H3. The molecule has 1 nitrogen and oxygen atoms in total. The van der Waals surface area contributed by atoms with Gasteiger partial charge >= 0.3 is 0 Å². The van der Waals surface area contributed by atoms with E-state index in [1.54, 1.807) is 0 Å². The van der Waals surface area contributed by atoms with E-state index in [2.05, 4.69) is 45.2 Å². The first kappa shape index (κ1) is 9.27. The second kappa shape index (κ2) is 4.27. The van der Waals surface area contributed by atoms with Gasteiger partial charge in [0.2, 0.25) is 0 Å². The number of hydrogen-bond acceptors (Lipinski definition) is 0. The van der Waals surface area contributed by atoms with Crippen LogP contribution in [0, 0.1) is 7.05 Å². The fourth-order valence-electron chi connectivity index (χ4n) is 1.06. The molecule has 0 aliphatic rings. The van der Waals surface area contributed by atoms with E-state index in [1.165, 1.54) is 10.5 Å². The summed E-state index contributed by atoms with van der Waals surface area (Å²) in [6.45, 7) is 5.38. The third-order valence-corrected chi connectivity index (χ3v) is 2.09. The maximum absolute atomic E-state index is 4.05. The lowest BCUT2D eigenvalue weighted by molar-refractivity contribution is -0.890. The third-order valence-electron chi connectivity index (χ3n) is 2.09. The molecular formula is C11H17N. The Labute approximate surface area is 75.0 Å². The van der Waals surface area contributed by atoms with Gasteiger partial charge in [-0.05, 0) is 13.8 Å². The fraction of sp³-hybridized carbons (Fsp3) is 0.364. The Kier molecular flexibility index (Phi) is 3.30. The fourth-order valence-corrected chi connectivity index (χ4v) is 1.06. The smallest absolute Gasteiger partial charge is 0.0789 e. The largest absolute Gasteiger partial charge is 0.462 e. The molecule has 0 aliphatic carbocycles. The van der Waals surface area contributed by atoms with Crippen LogP contribution in [-0.4, -0.2) is 6.04 Å². The van der Waals surface area contributed by atoms with E-state index in [0.717, 1.165) is 6.54 Å². The lowest BCUT2D eigenvalue weighted by atomic mass is 10.2. The van der Waals surface area contributed by atoms with Crippen LogP contribution in [-0.2, 0) is 6.54 Å². The zero-order valence-electron chi connectivity index (χ0n) is 7.88. The van der Waals surface area contributed by atoms with Gasteiger partial charge in [-0.15, -0.1) is 0 Å². The van der Waals surface area contributed by atoms with Crippen molar-refractivity contribution in [3.63, 3.8) is 0 Å². The van der Waals surface area contributed by atoms with E-state index in [4.69, 9.17) is 0 Å². The van der Waals surface area contributed by atoms with E-state index in [0.29, 0.717) is 6.04 Å². The van der Waals surface area contributed by atoms with Crippen LogP contribution in [0.3, 0.4) is 0 Å². The van der Waals surface area contributed by atoms with E-state index >= 15 is 0 Å². The minimum absolute atomic E-state index is 0.588. The first-order chi connectivity index (χ1) is 5.70. The average Bonchev–Trinajstić information content (AvgIpc) is 2.06. The number of nitrogens with one attached hydrogen (secondary N) is 1. The highest BCUT2D eigenvalue weighted by atomic mass is 15.1. The molecule has 66 valence electrons. The van der Waals surface area contributed by atoms with Gasteiger partial charge in [-0.3, -0.25) is 0 Å². The summed E-state index contributed by atoms with van der Waals surface area (Å²) < 4.78 is 0. The zero-order chi connectivity index (χ0) is 8.97. The molecule has 0 radical (unpaired) electrons. The van der Waals surface area contributed by atoms with Crippen LogP contribution in [0.2, 0.25) is 0 Å². The molecule has 1 N–H and O–H groups in total. The second-order valence-corrected chi connectivity index (χ2v) is 3.48. The molecule has 0 spiro atoms. The summed E-state index contributed by atoms with van der Waals surface area (Å²) in [5.41, 5.74) is 1.36. The molecular weight excluding hydrogens is 146 g/mol. The van der Waals surface area contributed by atoms with Gasteiger partial charge in [0, 0.05) is 5.56 Å². The first-order valence-corrected chi connectivity index (χ1v) is 4.41. The second-order valence-electron chi connectivity index (χ2n) is 3.48. The Morgan fingerprint density at radius 3 is 2.33 bits per heavy atom. The lowest BCUT2D eigenvalue weighted by Crippen LogP contribution is -3.08. The van der Waals surface area contributed by atoms with E-state index < -0.39 is 0 Å². The Balaban J connectivity index is 2.53.